The van der Waals surface area contributed by atoms with Crippen molar-refractivity contribution in [2.45, 2.75) is 74.1 Å². The lowest BCUT2D eigenvalue weighted by atomic mass is 9.89. The average Bonchev–Trinajstić information content (AvgIpc) is 2.99. The van der Waals surface area contributed by atoms with Gasteiger partial charge >= 0.3 is 0 Å². The van der Waals surface area contributed by atoms with Crippen molar-refractivity contribution in [1.29, 1.82) is 0 Å². The molecule has 2 aromatic rings. The van der Waals surface area contributed by atoms with Crippen LogP contribution in [0.5, 0.6) is 0 Å². The normalized spacial score (nSPS) is 18.2. The highest BCUT2D eigenvalue weighted by Gasteiger charge is 2.24. The maximum Gasteiger partial charge on any atom is 0.0858 e. The summed E-state index contributed by atoms with van der Waals surface area (Å²) in [7, 11) is 0. The van der Waals surface area contributed by atoms with Gasteiger partial charge in [0.2, 0.25) is 0 Å². The standard InChI is InChI=1S/C39H55N5/c1-9-31(26-43-20-15-21-43)37(11-3)42-39(22-40)35-19-14-17-33(30(35)8)32-16-13-18-34(29(32)7)38(12-4)41-36(10-2)28(6)25-44-23-27(5)24-44/h12-14,16-19,22,27,31H,6,9-11,15,20-21,23-26,40H2,1-5,7-8H3/b38-12-,39-22-,41-36-,42-37-. The second-order valence-corrected chi connectivity index (χ2v) is 12.7. The van der Waals surface area contributed by atoms with Crippen molar-refractivity contribution >= 4 is 22.8 Å². The Balaban J connectivity index is 1.65. The highest BCUT2D eigenvalue weighted by Crippen LogP contribution is 2.35. The van der Waals surface area contributed by atoms with E-state index in [-0.39, 0.29) is 0 Å². The van der Waals surface area contributed by atoms with Crippen LogP contribution in [0.15, 0.2) is 70.8 Å². The second-order valence-electron chi connectivity index (χ2n) is 12.7. The van der Waals surface area contributed by atoms with E-state index >= 15 is 0 Å². The Kier molecular flexibility index (Phi) is 11.9. The van der Waals surface area contributed by atoms with Gasteiger partial charge in [0.25, 0.3) is 0 Å². The predicted molar refractivity (Wildman–Crippen MR) is 192 cm³/mol. The Labute approximate surface area is 267 Å². The van der Waals surface area contributed by atoms with E-state index in [1.54, 1.807) is 6.20 Å². The molecule has 2 aromatic carbocycles. The smallest absolute Gasteiger partial charge is 0.0858 e. The molecule has 2 fully saturated rings. The van der Waals surface area contributed by atoms with E-state index in [4.69, 9.17) is 15.7 Å². The van der Waals surface area contributed by atoms with Crippen molar-refractivity contribution < 1.29 is 0 Å². The fraction of sp³-hybridized carbons (Fsp3) is 0.487. The van der Waals surface area contributed by atoms with Gasteiger partial charge in [-0.25, -0.2) is 0 Å². The Morgan fingerprint density at radius 2 is 1.55 bits per heavy atom. The van der Waals surface area contributed by atoms with Crippen molar-refractivity contribution in [2.24, 2.45) is 27.6 Å². The van der Waals surface area contributed by atoms with Gasteiger partial charge in [0.05, 0.1) is 11.4 Å². The zero-order chi connectivity index (χ0) is 31.8. The van der Waals surface area contributed by atoms with E-state index in [0.717, 1.165) is 85.2 Å². The minimum absolute atomic E-state index is 0.455. The number of rotatable bonds is 14. The number of benzene rings is 2. The van der Waals surface area contributed by atoms with Crippen LogP contribution in [0.25, 0.3) is 22.5 Å². The predicted octanol–water partition coefficient (Wildman–Crippen LogP) is 8.53. The summed E-state index contributed by atoms with van der Waals surface area (Å²) in [6.45, 7) is 26.6. The maximum absolute atomic E-state index is 6.28. The number of aliphatic imine (C=N–C) groups is 2. The molecule has 0 amide bonds. The summed E-state index contributed by atoms with van der Waals surface area (Å²) in [5.74, 6) is 1.24. The summed E-state index contributed by atoms with van der Waals surface area (Å²) < 4.78 is 0. The number of hydrogen-bond acceptors (Lipinski definition) is 5. The quantitative estimate of drug-likeness (QED) is 0.223. The minimum Gasteiger partial charge on any atom is -0.403 e. The molecule has 0 aromatic heterocycles. The van der Waals surface area contributed by atoms with Crippen molar-refractivity contribution in [3.63, 3.8) is 0 Å². The van der Waals surface area contributed by atoms with Gasteiger partial charge in [0, 0.05) is 60.8 Å². The van der Waals surface area contributed by atoms with Gasteiger partial charge in [0.15, 0.2) is 0 Å². The van der Waals surface area contributed by atoms with E-state index in [9.17, 15) is 0 Å². The van der Waals surface area contributed by atoms with Crippen molar-refractivity contribution in [3.8, 4) is 11.1 Å². The van der Waals surface area contributed by atoms with Crippen molar-refractivity contribution in [3.05, 3.63) is 83.1 Å². The fourth-order valence-electron chi connectivity index (χ4n) is 6.71. The zero-order valence-corrected chi connectivity index (χ0v) is 28.4. The SMILES string of the molecule is C=C(CN1CC(C)C1)/C(CC)=N\C(=C/C)c1cccc(-c2cccc(C(=C/N)/N=C(/CC)C(CC)CN3CCC3)c2C)c1C. The zero-order valence-electron chi connectivity index (χ0n) is 28.4. The summed E-state index contributed by atoms with van der Waals surface area (Å²) in [4.78, 5) is 15.4. The summed E-state index contributed by atoms with van der Waals surface area (Å²) in [6.07, 6.45) is 8.01. The molecular weight excluding hydrogens is 538 g/mol. The van der Waals surface area contributed by atoms with E-state index in [1.165, 1.54) is 47.5 Å². The van der Waals surface area contributed by atoms with Gasteiger partial charge in [-0.3, -0.25) is 14.9 Å². The molecule has 2 aliphatic heterocycles. The first-order valence-electron chi connectivity index (χ1n) is 16.8. The molecule has 236 valence electrons. The number of allylic oxidation sites excluding steroid dienone is 1. The average molecular weight is 594 g/mol. The molecule has 4 rings (SSSR count). The van der Waals surface area contributed by atoms with Crippen molar-refractivity contribution in [1.82, 2.24) is 9.80 Å². The monoisotopic (exact) mass is 593 g/mol. The summed E-state index contributed by atoms with van der Waals surface area (Å²) in [5, 5.41) is 0. The maximum atomic E-state index is 6.28. The van der Waals surface area contributed by atoms with E-state index in [2.05, 4.69) is 107 Å². The molecule has 0 spiro atoms. The van der Waals surface area contributed by atoms with Crippen LogP contribution >= 0.6 is 0 Å². The summed E-state index contributed by atoms with van der Waals surface area (Å²) >= 11 is 0. The van der Waals surface area contributed by atoms with Crippen LogP contribution in [-0.2, 0) is 0 Å². The first-order valence-corrected chi connectivity index (χ1v) is 16.8. The van der Waals surface area contributed by atoms with Crippen LogP contribution in [0.1, 0.15) is 82.6 Å². The van der Waals surface area contributed by atoms with E-state index in [0.29, 0.717) is 5.92 Å². The molecule has 1 atom stereocenters. The Morgan fingerprint density at radius 1 is 0.932 bits per heavy atom. The first-order chi connectivity index (χ1) is 21.2. The summed E-state index contributed by atoms with van der Waals surface area (Å²) in [5.41, 5.74) is 18.7. The first kappa shape index (κ1) is 33.6. The molecule has 0 radical (unpaired) electrons. The molecule has 5 heteroatoms. The van der Waals surface area contributed by atoms with Gasteiger partial charge < -0.3 is 10.6 Å². The lowest BCUT2D eigenvalue weighted by molar-refractivity contribution is 0.127. The van der Waals surface area contributed by atoms with Crippen LogP contribution in [0.2, 0.25) is 0 Å². The third-order valence-electron chi connectivity index (χ3n) is 9.51. The number of likely N-dealkylation sites (tertiary alicyclic amines) is 2. The van der Waals surface area contributed by atoms with Gasteiger partial charge in [-0.05, 0) is 93.3 Å². The molecule has 0 aliphatic carbocycles. The Bertz CT molecular complexity index is 1430. The summed E-state index contributed by atoms with van der Waals surface area (Å²) in [6, 6.07) is 13.1. The van der Waals surface area contributed by atoms with Crippen LogP contribution in [0, 0.1) is 25.7 Å². The molecule has 2 heterocycles. The van der Waals surface area contributed by atoms with Crippen LogP contribution < -0.4 is 5.73 Å². The molecular formula is C39H55N5. The number of nitrogens with two attached hydrogens (primary N) is 1. The topological polar surface area (TPSA) is 57.2 Å². The highest BCUT2D eigenvalue weighted by molar-refractivity contribution is 6.03. The molecule has 2 aliphatic rings. The van der Waals surface area contributed by atoms with Crippen molar-refractivity contribution in [2.75, 3.05) is 39.3 Å². The van der Waals surface area contributed by atoms with Gasteiger partial charge in [-0.2, -0.15) is 0 Å². The third-order valence-corrected chi connectivity index (χ3v) is 9.51. The van der Waals surface area contributed by atoms with Crippen LogP contribution in [0.4, 0.5) is 0 Å². The lowest BCUT2D eigenvalue weighted by Crippen LogP contribution is -2.46. The Hall–Kier alpha value is -3.28. The van der Waals surface area contributed by atoms with E-state index in [1.807, 2.05) is 0 Å². The second kappa shape index (κ2) is 15.6. The minimum atomic E-state index is 0.455. The molecule has 2 N–H and O–H groups in total. The Morgan fingerprint density at radius 3 is 2.00 bits per heavy atom. The van der Waals surface area contributed by atoms with Gasteiger partial charge in [-0.1, -0.05) is 76.7 Å². The van der Waals surface area contributed by atoms with Crippen LogP contribution in [0.3, 0.4) is 0 Å². The highest BCUT2D eigenvalue weighted by atomic mass is 15.2. The molecule has 44 heavy (non-hydrogen) atoms. The number of nitrogens with zero attached hydrogens (tertiary/aromatic N) is 4. The van der Waals surface area contributed by atoms with E-state index < -0.39 is 0 Å². The van der Waals surface area contributed by atoms with Gasteiger partial charge in [-0.15, -0.1) is 0 Å². The third kappa shape index (κ3) is 7.68. The molecule has 1 unspecified atom stereocenters. The van der Waals surface area contributed by atoms with Gasteiger partial charge in [0.1, 0.15) is 0 Å². The molecule has 0 saturated carbocycles. The molecule has 5 nitrogen and oxygen atoms in total. The largest absolute Gasteiger partial charge is 0.403 e. The molecule has 0 bridgehead atoms. The number of hydrogen-bond donors (Lipinski definition) is 1. The fourth-order valence-corrected chi connectivity index (χ4v) is 6.71. The lowest BCUT2D eigenvalue weighted by Gasteiger charge is -2.37. The van der Waals surface area contributed by atoms with Crippen LogP contribution in [-0.4, -0.2) is 60.5 Å². The molecule has 2 saturated heterocycles.